The molecule has 2 heteroatoms. The van der Waals surface area contributed by atoms with E-state index in [9.17, 15) is 0 Å². The largest absolute Gasteiger partial charge is 0.375 e. The van der Waals surface area contributed by atoms with Gasteiger partial charge in [0.15, 0.2) is 0 Å². The molecule has 0 fully saturated rings. The fraction of sp³-hybridized carbons (Fsp3) is 0.500. The molecule has 1 rings (SSSR count). The molecule has 0 N–H and O–H groups in total. The van der Waals surface area contributed by atoms with Crippen LogP contribution in [0.3, 0.4) is 0 Å². The van der Waals surface area contributed by atoms with Gasteiger partial charge in [0.05, 0.1) is 13.2 Å². The summed E-state index contributed by atoms with van der Waals surface area (Å²) in [5.41, 5.74) is 1.24. The zero-order chi connectivity index (χ0) is 10.2. The second-order valence-corrected chi connectivity index (χ2v) is 3.43. The van der Waals surface area contributed by atoms with Crippen molar-refractivity contribution >= 4 is 0 Å². The van der Waals surface area contributed by atoms with Gasteiger partial charge in [0.2, 0.25) is 0 Å². The molecule has 0 aliphatic carbocycles. The van der Waals surface area contributed by atoms with Crippen LogP contribution in [0.15, 0.2) is 30.3 Å². The van der Waals surface area contributed by atoms with Crippen LogP contribution >= 0.6 is 0 Å². The lowest BCUT2D eigenvalue weighted by Gasteiger charge is -2.13. The van der Waals surface area contributed by atoms with E-state index in [2.05, 4.69) is 31.0 Å². The van der Waals surface area contributed by atoms with Gasteiger partial charge in [-0.1, -0.05) is 37.3 Å². The van der Waals surface area contributed by atoms with Crippen LogP contribution in [0.1, 0.15) is 12.5 Å². The monoisotopic (exact) mass is 193 g/mol. The zero-order valence-electron chi connectivity index (χ0n) is 9.07. The van der Waals surface area contributed by atoms with E-state index in [-0.39, 0.29) is 0 Å². The average molecular weight is 193 g/mol. The Bertz CT molecular complexity index is 235. The summed E-state index contributed by atoms with van der Waals surface area (Å²) in [5, 5.41) is 0. The second kappa shape index (κ2) is 6.57. The highest BCUT2D eigenvalue weighted by atomic mass is 16.5. The van der Waals surface area contributed by atoms with E-state index in [1.807, 2.05) is 18.2 Å². The molecule has 78 valence electrons. The highest BCUT2D eigenvalue weighted by Crippen LogP contribution is 1.99. The maximum Gasteiger partial charge on any atom is 0.0717 e. The van der Waals surface area contributed by atoms with Crippen LogP contribution in [-0.2, 0) is 11.3 Å². The van der Waals surface area contributed by atoms with Crippen molar-refractivity contribution < 1.29 is 4.74 Å². The van der Waals surface area contributed by atoms with Crippen molar-refractivity contribution in [1.82, 2.24) is 4.90 Å². The lowest BCUT2D eigenvalue weighted by Crippen LogP contribution is -2.22. The molecule has 0 aliphatic heterocycles. The summed E-state index contributed by atoms with van der Waals surface area (Å²) in [5.74, 6) is 0. The number of nitrogens with zero attached hydrogens (tertiary/aromatic N) is 1. The molecule has 2 nitrogen and oxygen atoms in total. The topological polar surface area (TPSA) is 12.5 Å². The summed E-state index contributed by atoms with van der Waals surface area (Å²) in [7, 11) is 2.10. The standard InChI is InChI=1S/C12H19NO/c1-3-13(2)9-10-14-11-12-7-5-4-6-8-12/h4-8H,3,9-11H2,1-2H3. The summed E-state index contributed by atoms with van der Waals surface area (Å²) >= 11 is 0. The molecule has 0 atom stereocenters. The van der Waals surface area contributed by atoms with Crippen molar-refractivity contribution in [2.45, 2.75) is 13.5 Å². The van der Waals surface area contributed by atoms with E-state index < -0.39 is 0 Å². The summed E-state index contributed by atoms with van der Waals surface area (Å²) < 4.78 is 5.55. The van der Waals surface area contributed by atoms with Gasteiger partial charge in [0.1, 0.15) is 0 Å². The summed E-state index contributed by atoms with van der Waals surface area (Å²) in [6.07, 6.45) is 0. The lowest BCUT2D eigenvalue weighted by molar-refractivity contribution is 0.101. The van der Waals surface area contributed by atoms with Crippen LogP contribution in [-0.4, -0.2) is 31.6 Å². The Hall–Kier alpha value is -0.860. The van der Waals surface area contributed by atoms with Crippen molar-refractivity contribution in [3.63, 3.8) is 0 Å². The SMILES string of the molecule is CCN(C)CCOCc1ccccc1. The maximum atomic E-state index is 5.55. The first-order valence-corrected chi connectivity index (χ1v) is 5.13. The average Bonchev–Trinajstić information content (AvgIpc) is 2.25. The molecule has 0 aromatic heterocycles. The van der Waals surface area contributed by atoms with Gasteiger partial charge < -0.3 is 9.64 Å². The maximum absolute atomic E-state index is 5.55. The quantitative estimate of drug-likeness (QED) is 0.642. The lowest BCUT2D eigenvalue weighted by atomic mass is 10.2. The molecule has 0 saturated heterocycles. The van der Waals surface area contributed by atoms with Crippen molar-refractivity contribution in [1.29, 1.82) is 0 Å². The van der Waals surface area contributed by atoms with E-state index >= 15 is 0 Å². The minimum absolute atomic E-state index is 0.721. The Morgan fingerprint density at radius 3 is 2.57 bits per heavy atom. The van der Waals surface area contributed by atoms with Gasteiger partial charge in [-0.15, -0.1) is 0 Å². The smallest absolute Gasteiger partial charge is 0.0717 e. The first-order chi connectivity index (χ1) is 6.83. The van der Waals surface area contributed by atoms with Gasteiger partial charge in [0.25, 0.3) is 0 Å². The van der Waals surface area contributed by atoms with Crippen LogP contribution < -0.4 is 0 Å². The summed E-state index contributed by atoms with van der Waals surface area (Å²) in [6.45, 7) is 5.76. The van der Waals surface area contributed by atoms with Crippen molar-refractivity contribution in [2.75, 3.05) is 26.7 Å². The predicted octanol–water partition coefficient (Wildman–Crippen LogP) is 2.15. The van der Waals surface area contributed by atoms with Crippen LogP contribution in [0.25, 0.3) is 0 Å². The molecular weight excluding hydrogens is 174 g/mol. The molecule has 1 aromatic carbocycles. The number of rotatable bonds is 6. The number of hydrogen-bond donors (Lipinski definition) is 0. The number of ether oxygens (including phenoxy) is 1. The Kier molecular flexibility index (Phi) is 5.27. The molecule has 1 aromatic rings. The second-order valence-electron chi connectivity index (χ2n) is 3.43. The minimum Gasteiger partial charge on any atom is -0.375 e. The van der Waals surface area contributed by atoms with Crippen molar-refractivity contribution in [3.05, 3.63) is 35.9 Å². The van der Waals surface area contributed by atoms with Gasteiger partial charge in [-0.05, 0) is 19.2 Å². The Balaban J connectivity index is 2.10. The molecular formula is C12H19NO. The first-order valence-electron chi connectivity index (χ1n) is 5.13. The minimum atomic E-state index is 0.721. The Morgan fingerprint density at radius 1 is 1.21 bits per heavy atom. The van der Waals surface area contributed by atoms with E-state index in [1.54, 1.807) is 0 Å². The summed E-state index contributed by atoms with van der Waals surface area (Å²) in [6, 6.07) is 10.3. The number of likely N-dealkylation sites (N-methyl/N-ethyl adjacent to an activating group) is 1. The van der Waals surface area contributed by atoms with E-state index in [0.717, 1.165) is 26.3 Å². The molecule has 0 saturated carbocycles. The highest BCUT2D eigenvalue weighted by Gasteiger charge is 1.94. The molecule has 0 bridgehead atoms. The van der Waals surface area contributed by atoms with Crippen molar-refractivity contribution in [3.8, 4) is 0 Å². The first kappa shape index (κ1) is 11.2. The third-order valence-corrected chi connectivity index (χ3v) is 2.27. The van der Waals surface area contributed by atoms with Gasteiger partial charge in [-0.3, -0.25) is 0 Å². The molecule has 0 heterocycles. The van der Waals surface area contributed by atoms with E-state index in [1.165, 1.54) is 5.56 Å². The predicted molar refractivity (Wildman–Crippen MR) is 59.3 cm³/mol. The molecule has 0 spiro atoms. The molecule has 0 amide bonds. The van der Waals surface area contributed by atoms with E-state index in [0.29, 0.717) is 0 Å². The highest BCUT2D eigenvalue weighted by molar-refractivity contribution is 5.13. The van der Waals surface area contributed by atoms with Gasteiger partial charge >= 0.3 is 0 Å². The number of benzene rings is 1. The molecule has 0 unspecified atom stereocenters. The zero-order valence-corrected chi connectivity index (χ0v) is 9.07. The van der Waals surface area contributed by atoms with E-state index in [4.69, 9.17) is 4.74 Å². The van der Waals surface area contributed by atoms with Gasteiger partial charge in [-0.2, -0.15) is 0 Å². The van der Waals surface area contributed by atoms with Crippen LogP contribution in [0.2, 0.25) is 0 Å². The van der Waals surface area contributed by atoms with Gasteiger partial charge in [0, 0.05) is 6.54 Å². The van der Waals surface area contributed by atoms with Gasteiger partial charge in [-0.25, -0.2) is 0 Å². The van der Waals surface area contributed by atoms with Crippen LogP contribution in [0, 0.1) is 0 Å². The fourth-order valence-electron chi connectivity index (χ4n) is 1.14. The van der Waals surface area contributed by atoms with Crippen LogP contribution in [0.5, 0.6) is 0 Å². The Morgan fingerprint density at radius 2 is 1.93 bits per heavy atom. The molecule has 0 radical (unpaired) electrons. The molecule has 14 heavy (non-hydrogen) atoms. The third kappa shape index (κ3) is 4.40. The third-order valence-electron chi connectivity index (χ3n) is 2.27. The van der Waals surface area contributed by atoms with Crippen LogP contribution in [0.4, 0.5) is 0 Å². The fourth-order valence-corrected chi connectivity index (χ4v) is 1.14. The summed E-state index contributed by atoms with van der Waals surface area (Å²) in [4.78, 5) is 2.24. The molecule has 0 aliphatic rings. The number of hydrogen-bond acceptors (Lipinski definition) is 2. The van der Waals surface area contributed by atoms with Crippen molar-refractivity contribution in [2.24, 2.45) is 0 Å². The normalized spacial score (nSPS) is 10.8. The Labute approximate surface area is 86.5 Å².